The first-order valence-electron chi connectivity index (χ1n) is 3.62. The minimum Gasteiger partial charge on any atom is -0.126 e. The van der Waals surface area contributed by atoms with Gasteiger partial charge in [-0.3, -0.25) is 0 Å². The van der Waals surface area contributed by atoms with Crippen LogP contribution in [0.15, 0.2) is 47.4 Å². The van der Waals surface area contributed by atoms with Gasteiger partial charge >= 0.3 is 0 Å². The van der Waals surface area contributed by atoms with E-state index in [1.807, 2.05) is 23.9 Å². The fourth-order valence-electron chi connectivity index (χ4n) is 0.896. The lowest BCUT2D eigenvalue weighted by atomic mass is 10.2. The Morgan fingerprint density at radius 2 is 2.36 bits per heavy atom. The quantitative estimate of drug-likeness (QED) is 0.564. The number of hydrogen-bond acceptors (Lipinski definition) is 1. The lowest BCUT2D eigenvalue weighted by molar-refractivity contribution is 1.56. The molecule has 0 saturated carbocycles. The van der Waals surface area contributed by atoms with Crippen molar-refractivity contribution in [1.82, 2.24) is 0 Å². The Hall–Kier alpha value is -0.690. The molecule has 0 spiro atoms. The van der Waals surface area contributed by atoms with Gasteiger partial charge in [-0.15, -0.1) is 11.8 Å². The zero-order valence-corrected chi connectivity index (χ0v) is 7.53. The van der Waals surface area contributed by atoms with Crippen molar-refractivity contribution in [3.8, 4) is 0 Å². The molecule has 0 N–H and O–H groups in total. The molecule has 0 aromatic rings. The Kier molecular flexibility index (Phi) is 3.24. The van der Waals surface area contributed by atoms with Crippen molar-refractivity contribution in [1.29, 1.82) is 0 Å². The second-order valence-corrected chi connectivity index (χ2v) is 3.63. The minimum atomic E-state index is 1.12. The minimum absolute atomic E-state index is 1.12. The van der Waals surface area contributed by atoms with Crippen molar-refractivity contribution < 1.29 is 0 Å². The predicted octanol–water partition coefficient (Wildman–Crippen LogP) is 3.31. The first kappa shape index (κ1) is 8.41. The fraction of sp³-hybridized carbons (Fsp3) is 0.200. The van der Waals surface area contributed by atoms with Crippen molar-refractivity contribution in [3.05, 3.63) is 47.4 Å². The zero-order chi connectivity index (χ0) is 8.10. The molecule has 0 saturated heterocycles. The maximum absolute atomic E-state index is 3.60. The van der Waals surface area contributed by atoms with Crippen molar-refractivity contribution in [2.75, 3.05) is 5.75 Å². The van der Waals surface area contributed by atoms with Gasteiger partial charge in [-0.1, -0.05) is 30.9 Å². The van der Waals surface area contributed by atoms with Crippen molar-refractivity contribution in [2.45, 2.75) is 6.92 Å². The molecule has 0 aliphatic carbocycles. The van der Waals surface area contributed by atoms with E-state index < -0.39 is 0 Å². The van der Waals surface area contributed by atoms with Crippen molar-refractivity contribution in [2.24, 2.45) is 0 Å². The van der Waals surface area contributed by atoms with Crippen LogP contribution in [0.3, 0.4) is 0 Å². The van der Waals surface area contributed by atoms with Crippen LogP contribution >= 0.6 is 11.8 Å². The first-order valence-corrected chi connectivity index (χ1v) is 4.61. The van der Waals surface area contributed by atoms with Crippen LogP contribution in [0.4, 0.5) is 0 Å². The van der Waals surface area contributed by atoms with Gasteiger partial charge < -0.3 is 0 Å². The van der Waals surface area contributed by atoms with Gasteiger partial charge in [-0.25, -0.2) is 0 Å². The molecule has 0 aromatic heterocycles. The third kappa shape index (κ3) is 2.81. The molecule has 0 unspecified atom stereocenters. The SMILES string of the molecule is C=C/C=C\C=C1\C=C(C)SC1. The van der Waals surface area contributed by atoms with Crippen molar-refractivity contribution >= 4 is 11.8 Å². The van der Waals surface area contributed by atoms with Gasteiger partial charge in [0.2, 0.25) is 0 Å². The van der Waals surface area contributed by atoms with E-state index in [2.05, 4.69) is 25.7 Å². The Morgan fingerprint density at radius 3 is 2.91 bits per heavy atom. The molecular formula is C10H12S. The van der Waals surface area contributed by atoms with Gasteiger partial charge in [0.1, 0.15) is 0 Å². The average Bonchev–Trinajstić information content (AvgIpc) is 2.37. The monoisotopic (exact) mass is 164 g/mol. The normalized spacial score (nSPS) is 21.2. The summed E-state index contributed by atoms with van der Waals surface area (Å²) in [5.41, 5.74) is 1.39. The highest BCUT2D eigenvalue weighted by molar-refractivity contribution is 8.03. The van der Waals surface area contributed by atoms with Gasteiger partial charge in [-0.2, -0.15) is 0 Å². The third-order valence-corrected chi connectivity index (χ3v) is 2.46. The smallest absolute Gasteiger partial charge is 0.0228 e. The molecule has 0 radical (unpaired) electrons. The topological polar surface area (TPSA) is 0 Å². The summed E-state index contributed by atoms with van der Waals surface area (Å²) in [5, 5.41) is 0. The summed E-state index contributed by atoms with van der Waals surface area (Å²) in [6.07, 6.45) is 10.1. The first-order chi connectivity index (χ1) is 5.33. The van der Waals surface area contributed by atoms with E-state index in [9.17, 15) is 0 Å². The molecule has 1 rings (SSSR count). The lowest BCUT2D eigenvalue weighted by Crippen LogP contribution is -1.72. The van der Waals surface area contributed by atoms with Crippen LogP contribution in [0.1, 0.15) is 6.92 Å². The highest BCUT2D eigenvalue weighted by atomic mass is 32.2. The van der Waals surface area contributed by atoms with Gasteiger partial charge in [0, 0.05) is 5.75 Å². The van der Waals surface area contributed by atoms with E-state index in [4.69, 9.17) is 0 Å². The Bertz CT molecular complexity index is 231. The number of allylic oxidation sites excluding steroid dienone is 6. The van der Waals surface area contributed by atoms with E-state index in [1.165, 1.54) is 10.5 Å². The summed E-state index contributed by atoms with van der Waals surface area (Å²) in [6.45, 7) is 5.74. The number of thioether (sulfide) groups is 1. The Morgan fingerprint density at radius 1 is 1.55 bits per heavy atom. The molecule has 1 aliphatic heterocycles. The summed E-state index contributed by atoms with van der Waals surface area (Å²) in [4.78, 5) is 1.41. The zero-order valence-electron chi connectivity index (χ0n) is 6.71. The third-order valence-electron chi connectivity index (χ3n) is 1.41. The second-order valence-electron chi connectivity index (χ2n) is 2.41. The molecule has 58 valence electrons. The van der Waals surface area contributed by atoms with E-state index in [0.29, 0.717) is 0 Å². The van der Waals surface area contributed by atoms with Crippen LogP contribution in [0.2, 0.25) is 0 Å². The van der Waals surface area contributed by atoms with Gasteiger partial charge in [0.05, 0.1) is 0 Å². The number of rotatable bonds is 2. The molecule has 11 heavy (non-hydrogen) atoms. The fourth-order valence-corrected chi connectivity index (χ4v) is 1.70. The molecule has 0 fully saturated rings. The van der Waals surface area contributed by atoms with Crippen LogP contribution in [0.5, 0.6) is 0 Å². The van der Waals surface area contributed by atoms with Crippen molar-refractivity contribution in [3.63, 3.8) is 0 Å². The van der Waals surface area contributed by atoms with Crippen LogP contribution in [0.25, 0.3) is 0 Å². The maximum Gasteiger partial charge on any atom is 0.0228 e. The average molecular weight is 164 g/mol. The van der Waals surface area contributed by atoms with Crippen LogP contribution in [-0.4, -0.2) is 5.75 Å². The largest absolute Gasteiger partial charge is 0.126 e. The highest BCUT2D eigenvalue weighted by Gasteiger charge is 2.03. The van der Waals surface area contributed by atoms with Crippen LogP contribution in [0, 0.1) is 0 Å². The Balaban J connectivity index is 2.55. The standard InChI is InChI=1S/C10H12S/c1-3-4-5-6-10-7-9(2)11-8-10/h3-7H,1,8H2,2H3/b5-4-,10-6-. The van der Waals surface area contributed by atoms with Gasteiger partial charge in [0.25, 0.3) is 0 Å². The molecule has 0 nitrogen and oxygen atoms in total. The second kappa shape index (κ2) is 4.24. The molecule has 1 heteroatoms. The highest BCUT2D eigenvalue weighted by Crippen LogP contribution is 2.27. The van der Waals surface area contributed by atoms with E-state index >= 15 is 0 Å². The molecule has 0 amide bonds. The van der Waals surface area contributed by atoms with Gasteiger partial charge in [0.15, 0.2) is 0 Å². The summed E-state index contributed by atoms with van der Waals surface area (Å²) in [6, 6.07) is 0. The predicted molar refractivity (Wildman–Crippen MR) is 53.6 cm³/mol. The summed E-state index contributed by atoms with van der Waals surface area (Å²) < 4.78 is 0. The molecule has 1 heterocycles. The molecular weight excluding hydrogens is 152 g/mol. The summed E-state index contributed by atoms with van der Waals surface area (Å²) in [5.74, 6) is 1.12. The Labute approximate surface area is 72.4 Å². The maximum atomic E-state index is 3.60. The molecule has 0 bridgehead atoms. The molecule has 0 aromatic carbocycles. The van der Waals surface area contributed by atoms with Gasteiger partial charge in [-0.05, 0) is 23.5 Å². The summed E-state index contributed by atoms with van der Waals surface area (Å²) >= 11 is 1.90. The van der Waals surface area contributed by atoms with E-state index in [0.717, 1.165) is 5.75 Å². The van der Waals surface area contributed by atoms with Crippen LogP contribution < -0.4 is 0 Å². The summed E-state index contributed by atoms with van der Waals surface area (Å²) in [7, 11) is 0. The van der Waals surface area contributed by atoms with E-state index in [-0.39, 0.29) is 0 Å². The lowest BCUT2D eigenvalue weighted by Gasteiger charge is -1.85. The van der Waals surface area contributed by atoms with E-state index in [1.54, 1.807) is 6.08 Å². The van der Waals surface area contributed by atoms with Crippen LogP contribution in [-0.2, 0) is 0 Å². The molecule has 1 aliphatic rings. The number of hydrogen-bond donors (Lipinski definition) is 0. The molecule has 0 atom stereocenters.